The molecule has 0 aromatic heterocycles. The van der Waals surface area contributed by atoms with Crippen molar-refractivity contribution in [1.29, 1.82) is 0 Å². The van der Waals surface area contributed by atoms with Gasteiger partial charge in [0, 0.05) is 0 Å². The summed E-state index contributed by atoms with van der Waals surface area (Å²) in [7, 11) is 0. The van der Waals surface area contributed by atoms with Crippen LogP contribution in [0.2, 0.25) is 0 Å². The zero-order chi connectivity index (χ0) is 8.43. The van der Waals surface area contributed by atoms with E-state index in [9.17, 15) is 4.79 Å². The summed E-state index contributed by atoms with van der Waals surface area (Å²) in [6.45, 7) is 0. The second-order valence-electron chi connectivity index (χ2n) is 2.11. The molecule has 1 aromatic carbocycles. The van der Waals surface area contributed by atoms with E-state index in [4.69, 9.17) is 5.11 Å². The van der Waals surface area contributed by atoms with Crippen LogP contribution in [0.3, 0.4) is 0 Å². The summed E-state index contributed by atoms with van der Waals surface area (Å²) in [5.74, 6) is -0.831. The Morgan fingerprint density at radius 1 is 1.55 bits per heavy atom. The summed E-state index contributed by atoms with van der Waals surface area (Å²) in [6.07, 6.45) is 0. The van der Waals surface area contributed by atoms with E-state index in [1.807, 2.05) is 6.07 Å². The van der Waals surface area contributed by atoms with Gasteiger partial charge in [-0.25, -0.2) is 0 Å². The Morgan fingerprint density at radius 2 is 2.18 bits per heavy atom. The van der Waals surface area contributed by atoms with Gasteiger partial charge in [-0.05, 0) is 0 Å². The van der Waals surface area contributed by atoms with Gasteiger partial charge in [-0.15, -0.1) is 0 Å². The minimum atomic E-state index is -0.831. The molecule has 53 valence electrons. The van der Waals surface area contributed by atoms with Crippen molar-refractivity contribution in [2.45, 2.75) is 0 Å². The van der Waals surface area contributed by atoms with Crippen molar-refractivity contribution in [3.8, 4) is 0 Å². The summed E-state index contributed by atoms with van der Waals surface area (Å²) in [5, 5.41) is 8.67. The van der Waals surface area contributed by atoms with E-state index in [0.29, 0.717) is 31.7 Å². The van der Waals surface area contributed by atoms with Gasteiger partial charge in [0.05, 0.1) is 0 Å². The first-order valence-electron chi connectivity index (χ1n) is 2.96. The summed E-state index contributed by atoms with van der Waals surface area (Å²) in [5.41, 5.74) is 0.441. The van der Waals surface area contributed by atoms with Crippen LogP contribution in [0.15, 0.2) is 22.7 Å². The van der Waals surface area contributed by atoms with Crippen LogP contribution in [0.25, 0.3) is 0 Å². The van der Waals surface area contributed by atoms with Crippen LogP contribution in [-0.2, 0) is 26.1 Å². The fourth-order valence-corrected chi connectivity index (χ4v) is 4.24. The van der Waals surface area contributed by atoms with Gasteiger partial charge in [-0.3, -0.25) is 0 Å². The summed E-state index contributed by atoms with van der Waals surface area (Å²) < 4.78 is 1.92. The molecule has 0 heterocycles. The van der Waals surface area contributed by atoms with E-state index in [2.05, 4.69) is 15.9 Å². The van der Waals surface area contributed by atoms with Crippen molar-refractivity contribution < 1.29 is 36.0 Å². The average molecular weight is 401 g/mol. The van der Waals surface area contributed by atoms with Crippen LogP contribution >= 0.6 is 15.9 Å². The molecule has 0 saturated heterocycles. The molecule has 0 fully saturated rings. The first-order valence-corrected chi connectivity index (χ1v) is 6.50. The van der Waals surface area contributed by atoms with Crippen LogP contribution in [0.4, 0.5) is 0 Å². The van der Waals surface area contributed by atoms with Crippen molar-refractivity contribution in [2.75, 3.05) is 0 Å². The van der Waals surface area contributed by atoms with Crippen molar-refractivity contribution in [1.82, 2.24) is 0 Å². The predicted molar refractivity (Wildman–Crippen MR) is 40.7 cm³/mol. The average Bonchev–Trinajstić information content (AvgIpc) is 1.85. The quantitative estimate of drug-likeness (QED) is 0.722. The molecular formula is C7H4BrHgO2. The Hall–Kier alpha value is 0.105. The van der Waals surface area contributed by atoms with E-state index in [1.165, 1.54) is 0 Å². The number of rotatable bonds is 1. The molecule has 0 radical (unpaired) electrons. The number of carboxylic acid groups (broad SMARTS) is 1. The van der Waals surface area contributed by atoms with Gasteiger partial charge in [-0.1, -0.05) is 0 Å². The molecule has 0 aliphatic rings. The molecule has 4 heteroatoms. The molecule has 0 unspecified atom stereocenters. The SMILES string of the molecule is O=C(O)c1ccc(Br)c[c]1[Hg]. The van der Waals surface area contributed by atoms with E-state index < -0.39 is 5.97 Å². The van der Waals surface area contributed by atoms with Gasteiger partial charge >= 0.3 is 89.2 Å². The van der Waals surface area contributed by atoms with E-state index in [-0.39, 0.29) is 0 Å². The van der Waals surface area contributed by atoms with Crippen molar-refractivity contribution in [2.24, 2.45) is 0 Å². The first kappa shape index (κ1) is 9.20. The fourth-order valence-electron chi connectivity index (χ4n) is 0.771. The van der Waals surface area contributed by atoms with Gasteiger partial charge in [0.2, 0.25) is 0 Å². The molecule has 0 saturated carbocycles. The monoisotopic (exact) mass is 401 g/mol. The second-order valence-corrected chi connectivity index (χ2v) is 5.98. The Balaban J connectivity index is 3.20. The normalized spacial score (nSPS) is 9.73. The Bertz CT molecular complexity index is 298. The van der Waals surface area contributed by atoms with Crippen molar-refractivity contribution in [3.05, 3.63) is 28.2 Å². The number of carbonyl (C=O) groups is 1. The summed E-state index contributed by atoms with van der Waals surface area (Å²) in [6, 6.07) is 5.25. The van der Waals surface area contributed by atoms with Gasteiger partial charge in [0.25, 0.3) is 0 Å². The third kappa shape index (κ3) is 2.27. The molecule has 1 rings (SSSR count). The van der Waals surface area contributed by atoms with Gasteiger partial charge < -0.3 is 0 Å². The number of halogens is 1. The Kier molecular flexibility index (Phi) is 3.07. The van der Waals surface area contributed by atoms with Crippen molar-refractivity contribution in [3.63, 3.8) is 0 Å². The third-order valence-corrected chi connectivity index (χ3v) is 4.07. The predicted octanol–water partition coefficient (Wildman–Crippen LogP) is 1.32. The van der Waals surface area contributed by atoms with Gasteiger partial charge in [0.15, 0.2) is 0 Å². The molecule has 1 aromatic rings. The number of hydrogen-bond acceptors (Lipinski definition) is 1. The molecule has 0 spiro atoms. The molecule has 0 atom stereocenters. The molecule has 11 heavy (non-hydrogen) atoms. The number of benzene rings is 1. The van der Waals surface area contributed by atoms with Crippen molar-refractivity contribution >= 4 is 25.0 Å². The molecule has 0 amide bonds. The van der Waals surface area contributed by atoms with E-state index >= 15 is 0 Å². The van der Waals surface area contributed by atoms with Crippen LogP contribution in [0.1, 0.15) is 10.4 Å². The minimum absolute atomic E-state index is 0.357. The Labute approximate surface area is 88.7 Å². The summed E-state index contributed by atoms with van der Waals surface area (Å²) >= 11 is 3.64. The van der Waals surface area contributed by atoms with Gasteiger partial charge in [0.1, 0.15) is 0 Å². The number of hydrogen-bond donors (Lipinski definition) is 1. The van der Waals surface area contributed by atoms with E-state index in [1.54, 1.807) is 12.1 Å². The maximum absolute atomic E-state index is 10.5. The zero-order valence-corrected chi connectivity index (χ0v) is 12.8. The fraction of sp³-hybridized carbons (Fsp3) is 0. The number of aromatic carboxylic acids is 1. The third-order valence-electron chi connectivity index (χ3n) is 1.30. The maximum atomic E-state index is 10.5. The van der Waals surface area contributed by atoms with Gasteiger partial charge in [-0.2, -0.15) is 0 Å². The van der Waals surface area contributed by atoms with E-state index in [0.717, 1.165) is 7.54 Å². The molecule has 2 nitrogen and oxygen atoms in total. The van der Waals surface area contributed by atoms with Crippen LogP contribution in [-0.4, -0.2) is 11.1 Å². The number of carboxylic acids is 1. The molecule has 0 aliphatic carbocycles. The molecule has 1 N–H and O–H groups in total. The summed E-state index contributed by atoms with van der Waals surface area (Å²) in [4.78, 5) is 10.5. The van der Waals surface area contributed by atoms with Crippen LogP contribution in [0, 0.1) is 0 Å². The Morgan fingerprint density at radius 3 is 2.64 bits per heavy atom. The standard InChI is InChI=1S/C7H4BrO2.Hg/c8-6-3-1-5(2-4-6)7(9)10;/h1,3-4H,(H,9,10);. The molecule has 0 aliphatic heterocycles. The molecule has 0 bridgehead atoms. The first-order chi connectivity index (χ1) is 5.11. The van der Waals surface area contributed by atoms with Crippen LogP contribution < -0.4 is 3.07 Å². The van der Waals surface area contributed by atoms with Crippen LogP contribution in [0.5, 0.6) is 0 Å². The second kappa shape index (κ2) is 3.67. The zero-order valence-electron chi connectivity index (χ0n) is 5.67. The molecular weight excluding hydrogens is 397 g/mol. The topological polar surface area (TPSA) is 37.3 Å².